The van der Waals surface area contributed by atoms with Crippen molar-refractivity contribution in [3.8, 4) is 0 Å². The number of nitrogens with zero attached hydrogens (tertiary/aromatic N) is 2. The van der Waals surface area contributed by atoms with Crippen LogP contribution < -0.4 is 10.6 Å². The van der Waals surface area contributed by atoms with Gasteiger partial charge in [0.15, 0.2) is 0 Å². The molecule has 4 nitrogen and oxygen atoms in total. The van der Waals surface area contributed by atoms with E-state index in [9.17, 15) is 0 Å². The van der Waals surface area contributed by atoms with Gasteiger partial charge in [0.25, 0.3) is 0 Å². The largest absolute Gasteiger partial charge is 0.350 e. The third-order valence-electron chi connectivity index (χ3n) is 2.87. The van der Waals surface area contributed by atoms with Gasteiger partial charge in [-0.15, -0.1) is 0 Å². The van der Waals surface area contributed by atoms with Gasteiger partial charge in [-0.25, -0.2) is 9.97 Å². The second-order valence-corrected chi connectivity index (χ2v) is 4.35. The van der Waals surface area contributed by atoms with Crippen LogP contribution in [0.2, 0.25) is 0 Å². The number of aryl methyl sites for hydroxylation is 1. The van der Waals surface area contributed by atoms with Crippen molar-refractivity contribution in [3.63, 3.8) is 0 Å². The molecule has 2 N–H and O–H groups in total. The summed E-state index contributed by atoms with van der Waals surface area (Å²) in [6, 6.07) is 0.478. The summed E-state index contributed by atoms with van der Waals surface area (Å²) in [5.74, 6) is 0.758. The number of nitrogens with one attached hydrogen (secondary N) is 2. The molecular formula is C12H20N4. The number of rotatable bonds is 4. The Morgan fingerprint density at radius 3 is 2.88 bits per heavy atom. The molecule has 2 heterocycles. The zero-order valence-corrected chi connectivity index (χ0v) is 9.87. The molecule has 1 fully saturated rings. The summed E-state index contributed by atoms with van der Waals surface area (Å²) in [6.07, 6.45) is 8.48. The van der Waals surface area contributed by atoms with E-state index in [1.54, 1.807) is 0 Å². The first kappa shape index (κ1) is 11.3. The highest BCUT2D eigenvalue weighted by Gasteiger charge is 2.13. The first-order valence-electron chi connectivity index (χ1n) is 6.16. The molecule has 4 heteroatoms. The lowest BCUT2D eigenvalue weighted by molar-refractivity contribution is 0.478. The first-order valence-corrected chi connectivity index (χ1v) is 6.16. The van der Waals surface area contributed by atoms with E-state index in [4.69, 9.17) is 0 Å². The van der Waals surface area contributed by atoms with Crippen molar-refractivity contribution in [1.29, 1.82) is 0 Å². The van der Waals surface area contributed by atoms with Crippen LogP contribution in [0, 0.1) is 0 Å². The third kappa shape index (κ3) is 3.17. The van der Waals surface area contributed by atoms with Gasteiger partial charge in [-0.2, -0.15) is 0 Å². The van der Waals surface area contributed by atoms with Gasteiger partial charge in [-0.1, -0.05) is 13.3 Å². The lowest BCUT2D eigenvalue weighted by Gasteiger charge is -2.23. The van der Waals surface area contributed by atoms with Crippen molar-refractivity contribution >= 4 is 5.95 Å². The van der Waals surface area contributed by atoms with Crippen molar-refractivity contribution < 1.29 is 0 Å². The predicted octanol–water partition coefficient (Wildman–Crippen LogP) is 1.59. The maximum atomic E-state index is 4.34. The van der Waals surface area contributed by atoms with Gasteiger partial charge in [-0.05, 0) is 31.4 Å². The molecule has 1 aliphatic heterocycles. The molecule has 88 valence electrons. The lowest BCUT2D eigenvalue weighted by Crippen LogP contribution is -2.38. The highest BCUT2D eigenvalue weighted by atomic mass is 15.1. The van der Waals surface area contributed by atoms with E-state index in [1.807, 2.05) is 12.4 Å². The summed E-state index contributed by atoms with van der Waals surface area (Å²) in [4.78, 5) is 8.68. The van der Waals surface area contributed by atoms with Crippen molar-refractivity contribution in [2.75, 3.05) is 18.4 Å². The predicted molar refractivity (Wildman–Crippen MR) is 65.5 cm³/mol. The van der Waals surface area contributed by atoms with Crippen LogP contribution in [0.1, 0.15) is 31.7 Å². The molecule has 1 aromatic heterocycles. The van der Waals surface area contributed by atoms with Crippen LogP contribution >= 0.6 is 0 Å². The number of aromatic nitrogens is 2. The van der Waals surface area contributed by atoms with Gasteiger partial charge >= 0.3 is 0 Å². The minimum atomic E-state index is 0.478. The Kier molecular flexibility index (Phi) is 4.10. The van der Waals surface area contributed by atoms with Gasteiger partial charge in [0.1, 0.15) is 0 Å². The topological polar surface area (TPSA) is 49.8 Å². The van der Waals surface area contributed by atoms with Crippen LogP contribution in [-0.4, -0.2) is 29.1 Å². The second kappa shape index (κ2) is 5.80. The SMILES string of the molecule is CCCc1cnc(N[C@H]2CCCNC2)nc1. The molecule has 2 rings (SSSR count). The Labute approximate surface area is 96.9 Å². The Hall–Kier alpha value is -1.16. The van der Waals surface area contributed by atoms with E-state index in [1.165, 1.54) is 18.4 Å². The van der Waals surface area contributed by atoms with Crippen LogP contribution in [0.3, 0.4) is 0 Å². The van der Waals surface area contributed by atoms with Crippen molar-refractivity contribution in [2.24, 2.45) is 0 Å². The summed E-state index contributed by atoms with van der Waals surface area (Å²) in [5.41, 5.74) is 1.22. The molecule has 0 unspecified atom stereocenters. The van der Waals surface area contributed by atoms with E-state index in [-0.39, 0.29) is 0 Å². The molecule has 16 heavy (non-hydrogen) atoms. The van der Waals surface area contributed by atoms with Crippen LogP contribution in [0.5, 0.6) is 0 Å². The van der Waals surface area contributed by atoms with Crippen LogP contribution in [0.25, 0.3) is 0 Å². The molecular weight excluding hydrogens is 200 g/mol. The fourth-order valence-electron chi connectivity index (χ4n) is 2.00. The first-order chi connectivity index (χ1) is 7.88. The van der Waals surface area contributed by atoms with Gasteiger partial charge < -0.3 is 10.6 Å². The van der Waals surface area contributed by atoms with E-state index >= 15 is 0 Å². The zero-order chi connectivity index (χ0) is 11.2. The Morgan fingerprint density at radius 1 is 1.44 bits per heavy atom. The summed E-state index contributed by atoms with van der Waals surface area (Å²) in [6.45, 7) is 4.31. The molecule has 0 bridgehead atoms. The normalized spacial score (nSPS) is 20.7. The molecule has 0 saturated carbocycles. The van der Waals surface area contributed by atoms with E-state index in [0.29, 0.717) is 6.04 Å². The fourth-order valence-corrected chi connectivity index (χ4v) is 2.00. The molecule has 0 aromatic carbocycles. The minimum absolute atomic E-state index is 0.478. The number of anilines is 1. The number of piperidine rings is 1. The number of hydrogen-bond donors (Lipinski definition) is 2. The van der Waals surface area contributed by atoms with Crippen molar-refractivity contribution in [1.82, 2.24) is 15.3 Å². The average Bonchev–Trinajstić information content (AvgIpc) is 2.33. The lowest BCUT2D eigenvalue weighted by atomic mass is 10.1. The van der Waals surface area contributed by atoms with E-state index < -0.39 is 0 Å². The fraction of sp³-hybridized carbons (Fsp3) is 0.667. The average molecular weight is 220 g/mol. The molecule has 0 radical (unpaired) electrons. The monoisotopic (exact) mass is 220 g/mol. The van der Waals surface area contributed by atoms with E-state index in [2.05, 4.69) is 27.5 Å². The van der Waals surface area contributed by atoms with Gasteiger partial charge in [0.05, 0.1) is 0 Å². The molecule has 1 saturated heterocycles. The molecule has 0 aliphatic carbocycles. The summed E-state index contributed by atoms with van der Waals surface area (Å²) in [5, 5.41) is 6.73. The summed E-state index contributed by atoms with van der Waals surface area (Å²) in [7, 11) is 0. The maximum absolute atomic E-state index is 4.34. The highest BCUT2D eigenvalue weighted by Crippen LogP contribution is 2.08. The zero-order valence-electron chi connectivity index (χ0n) is 9.87. The minimum Gasteiger partial charge on any atom is -0.350 e. The van der Waals surface area contributed by atoms with Crippen molar-refractivity contribution in [3.05, 3.63) is 18.0 Å². The molecule has 0 amide bonds. The van der Waals surface area contributed by atoms with Gasteiger partial charge in [0.2, 0.25) is 5.95 Å². The Bertz CT molecular complexity index is 303. The quantitative estimate of drug-likeness (QED) is 0.809. The highest BCUT2D eigenvalue weighted by molar-refractivity contribution is 5.26. The maximum Gasteiger partial charge on any atom is 0.222 e. The molecule has 1 aromatic rings. The molecule has 0 spiro atoms. The Morgan fingerprint density at radius 2 is 2.25 bits per heavy atom. The third-order valence-corrected chi connectivity index (χ3v) is 2.87. The summed E-state index contributed by atoms with van der Waals surface area (Å²) >= 11 is 0. The van der Waals surface area contributed by atoms with Gasteiger partial charge in [0, 0.05) is 25.0 Å². The van der Waals surface area contributed by atoms with Crippen LogP contribution in [0.4, 0.5) is 5.95 Å². The second-order valence-electron chi connectivity index (χ2n) is 4.35. The Balaban J connectivity index is 1.88. The molecule has 1 aliphatic rings. The molecule has 1 atom stereocenters. The van der Waals surface area contributed by atoms with E-state index in [0.717, 1.165) is 31.9 Å². The smallest absolute Gasteiger partial charge is 0.222 e. The van der Waals surface area contributed by atoms with Crippen LogP contribution in [0.15, 0.2) is 12.4 Å². The number of hydrogen-bond acceptors (Lipinski definition) is 4. The van der Waals surface area contributed by atoms with Crippen molar-refractivity contribution in [2.45, 2.75) is 38.6 Å². The standard InChI is InChI=1S/C12H20N4/c1-2-4-10-7-14-12(15-8-10)16-11-5-3-6-13-9-11/h7-8,11,13H,2-6,9H2,1H3,(H,14,15,16)/t11-/m0/s1. The van der Waals surface area contributed by atoms with Gasteiger partial charge in [-0.3, -0.25) is 0 Å². The summed E-state index contributed by atoms with van der Waals surface area (Å²) < 4.78 is 0. The van der Waals surface area contributed by atoms with Crippen LogP contribution in [-0.2, 0) is 6.42 Å².